The van der Waals surface area contributed by atoms with Crippen molar-refractivity contribution in [2.45, 2.75) is 13.1 Å². The van der Waals surface area contributed by atoms with Crippen LogP contribution in [0.3, 0.4) is 0 Å². The number of amides is 1. The van der Waals surface area contributed by atoms with Crippen molar-refractivity contribution in [1.82, 2.24) is 4.98 Å². The summed E-state index contributed by atoms with van der Waals surface area (Å²) in [7, 11) is 0. The fourth-order valence-electron chi connectivity index (χ4n) is 0.849. The Bertz CT molecular complexity index is 358. The second-order valence-corrected chi connectivity index (χ2v) is 2.99. The second-order valence-electron chi connectivity index (χ2n) is 2.58. The van der Waals surface area contributed by atoms with E-state index in [1.807, 2.05) is 4.98 Å². The molecule has 0 saturated heterocycles. The molecule has 1 aromatic heterocycles. The zero-order chi connectivity index (χ0) is 10.9. The molecule has 0 atom stereocenters. The lowest BCUT2D eigenvalue weighted by Gasteiger charge is -2.02. The van der Waals surface area contributed by atoms with Crippen LogP contribution >= 0.6 is 11.6 Å². The molecule has 0 unspecified atom stereocenters. The van der Waals surface area contributed by atoms with Crippen molar-refractivity contribution < 1.29 is 18.0 Å². The molecule has 1 aromatic rings. The average molecular weight is 227 g/mol. The summed E-state index contributed by atoms with van der Waals surface area (Å²) >= 11 is 5.45. The molecular weight excluding hydrogens is 221 g/mol. The van der Waals surface area contributed by atoms with Gasteiger partial charge in [-0.2, -0.15) is 13.2 Å². The van der Waals surface area contributed by atoms with Crippen molar-refractivity contribution in [3.63, 3.8) is 0 Å². The highest BCUT2D eigenvalue weighted by molar-refractivity contribution is 6.33. The van der Waals surface area contributed by atoms with Crippen molar-refractivity contribution in [3.05, 3.63) is 16.8 Å². The molecule has 2 N–H and O–H groups in total. The Kier molecular flexibility index (Phi) is 2.75. The Balaban J connectivity index is 2.99. The van der Waals surface area contributed by atoms with E-state index in [1.165, 1.54) is 6.92 Å². The van der Waals surface area contributed by atoms with Crippen LogP contribution < -0.4 is 5.32 Å². The molecule has 14 heavy (non-hydrogen) atoms. The number of aromatic amines is 1. The maximum atomic E-state index is 12.1. The van der Waals surface area contributed by atoms with Gasteiger partial charge in [0.15, 0.2) is 0 Å². The fraction of sp³-hybridized carbons (Fsp3) is 0.286. The van der Waals surface area contributed by atoms with Crippen LogP contribution in [0.5, 0.6) is 0 Å². The number of nitrogens with one attached hydrogen (secondary N) is 2. The summed E-state index contributed by atoms with van der Waals surface area (Å²) in [6.07, 6.45) is -4.50. The molecule has 78 valence electrons. The van der Waals surface area contributed by atoms with E-state index in [4.69, 9.17) is 11.6 Å². The Labute approximate surface area is 82.2 Å². The van der Waals surface area contributed by atoms with Crippen LogP contribution in [0, 0.1) is 0 Å². The summed E-state index contributed by atoms with van der Waals surface area (Å²) in [6.45, 7) is 1.17. The Morgan fingerprint density at radius 1 is 1.57 bits per heavy atom. The molecule has 0 aliphatic carbocycles. The first-order valence-corrected chi connectivity index (χ1v) is 3.92. The van der Waals surface area contributed by atoms with Gasteiger partial charge in [-0.3, -0.25) is 4.79 Å². The van der Waals surface area contributed by atoms with Gasteiger partial charge in [-0.15, -0.1) is 0 Å². The number of alkyl halides is 3. The van der Waals surface area contributed by atoms with E-state index in [2.05, 4.69) is 5.32 Å². The molecule has 3 nitrogen and oxygen atoms in total. The van der Waals surface area contributed by atoms with E-state index in [9.17, 15) is 18.0 Å². The fourth-order valence-corrected chi connectivity index (χ4v) is 1.05. The van der Waals surface area contributed by atoms with E-state index < -0.39 is 17.8 Å². The van der Waals surface area contributed by atoms with E-state index in [0.29, 0.717) is 6.07 Å². The first-order valence-electron chi connectivity index (χ1n) is 3.54. The molecule has 1 amide bonds. The summed E-state index contributed by atoms with van der Waals surface area (Å²) in [5.41, 5.74) is -0.994. The predicted octanol–water partition coefficient (Wildman–Crippen LogP) is 2.65. The molecule has 0 fully saturated rings. The zero-order valence-electron chi connectivity index (χ0n) is 7.00. The van der Waals surface area contributed by atoms with E-state index in [-0.39, 0.29) is 10.8 Å². The lowest BCUT2D eigenvalue weighted by atomic mass is 10.4. The van der Waals surface area contributed by atoms with Crippen LogP contribution in [-0.2, 0) is 11.0 Å². The SMILES string of the molecule is CC(=O)Nc1[nH]c(C(F)(F)F)cc1Cl. The highest BCUT2D eigenvalue weighted by atomic mass is 35.5. The van der Waals surface area contributed by atoms with Crippen molar-refractivity contribution in [2.24, 2.45) is 0 Å². The summed E-state index contributed by atoms with van der Waals surface area (Å²) in [5, 5.41) is 1.97. The molecule has 0 saturated carbocycles. The summed E-state index contributed by atoms with van der Waals surface area (Å²) < 4.78 is 36.3. The van der Waals surface area contributed by atoms with Gasteiger partial charge in [-0.25, -0.2) is 0 Å². The van der Waals surface area contributed by atoms with Crippen molar-refractivity contribution in [3.8, 4) is 0 Å². The maximum absolute atomic E-state index is 12.1. The smallest absolute Gasteiger partial charge is 0.336 e. The summed E-state index contributed by atoms with van der Waals surface area (Å²) in [6, 6.07) is 0.715. The van der Waals surface area contributed by atoms with Crippen molar-refractivity contribution in [2.75, 3.05) is 5.32 Å². The molecular formula is C7H6ClF3N2O. The maximum Gasteiger partial charge on any atom is 0.431 e. The van der Waals surface area contributed by atoms with E-state index >= 15 is 0 Å². The van der Waals surface area contributed by atoms with Crippen LogP contribution in [0.25, 0.3) is 0 Å². The minimum atomic E-state index is -4.50. The summed E-state index contributed by atoms with van der Waals surface area (Å²) in [5.74, 6) is -0.644. The van der Waals surface area contributed by atoms with Gasteiger partial charge in [0.1, 0.15) is 11.5 Å². The minimum Gasteiger partial charge on any atom is -0.336 e. The van der Waals surface area contributed by atoms with Gasteiger partial charge in [-0.05, 0) is 6.07 Å². The van der Waals surface area contributed by atoms with Gasteiger partial charge in [0.2, 0.25) is 5.91 Å². The number of halogens is 4. The highest BCUT2D eigenvalue weighted by Gasteiger charge is 2.33. The Morgan fingerprint density at radius 3 is 2.50 bits per heavy atom. The lowest BCUT2D eigenvalue weighted by molar-refractivity contribution is -0.140. The minimum absolute atomic E-state index is 0.147. The number of carbonyl (C=O) groups excluding carboxylic acids is 1. The molecule has 0 aliphatic rings. The third-order valence-corrected chi connectivity index (χ3v) is 1.67. The third kappa shape index (κ3) is 2.41. The van der Waals surface area contributed by atoms with Crippen LogP contribution in [-0.4, -0.2) is 10.9 Å². The first kappa shape index (κ1) is 10.9. The van der Waals surface area contributed by atoms with Crippen LogP contribution in [0.1, 0.15) is 12.6 Å². The lowest BCUT2D eigenvalue weighted by Crippen LogP contribution is -2.08. The van der Waals surface area contributed by atoms with Crippen molar-refractivity contribution >= 4 is 23.3 Å². The molecule has 7 heteroatoms. The quantitative estimate of drug-likeness (QED) is 0.760. The van der Waals surface area contributed by atoms with E-state index in [0.717, 1.165) is 0 Å². The van der Waals surface area contributed by atoms with Gasteiger partial charge in [-0.1, -0.05) is 11.6 Å². The van der Waals surface area contributed by atoms with Gasteiger partial charge in [0, 0.05) is 6.92 Å². The zero-order valence-corrected chi connectivity index (χ0v) is 7.75. The topological polar surface area (TPSA) is 44.9 Å². The Morgan fingerprint density at radius 2 is 2.14 bits per heavy atom. The normalized spacial score (nSPS) is 11.5. The van der Waals surface area contributed by atoms with Gasteiger partial charge in [0.25, 0.3) is 0 Å². The highest BCUT2D eigenvalue weighted by Crippen LogP contribution is 2.33. The number of H-pyrrole nitrogens is 1. The van der Waals surface area contributed by atoms with Crippen LogP contribution in [0.4, 0.5) is 19.0 Å². The molecule has 0 aliphatic heterocycles. The number of hydrogen-bond donors (Lipinski definition) is 2. The predicted molar refractivity (Wildman–Crippen MR) is 45.1 cm³/mol. The number of anilines is 1. The molecule has 0 spiro atoms. The van der Waals surface area contributed by atoms with Gasteiger partial charge >= 0.3 is 6.18 Å². The molecule has 1 heterocycles. The number of hydrogen-bond acceptors (Lipinski definition) is 1. The van der Waals surface area contributed by atoms with Crippen molar-refractivity contribution in [1.29, 1.82) is 0 Å². The standard InChI is InChI=1S/C7H6ClF3N2O/c1-3(14)12-6-4(8)2-5(13-6)7(9,10)11/h2,13H,1H3,(H,12,14). The molecule has 0 radical (unpaired) electrons. The first-order chi connectivity index (χ1) is 6.30. The van der Waals surface area contributed by atoms with Crippen LogP contribution in [0.2, 0.25) is 5.02 Å². The van der Waals surface area contributed by atoms with Crippen LogP contribution in [0.15, 0.2) is 6.07 Å². The molecule has 0 bridgehead atoms. The van der Waals surface area contributed by atoms with Gasteiger partial charge in [0.05, 0.1) is 5.02 Å². The number of carbonyl (C=O) groups is 1. The van der Waals surface area contributed by atoms with E-state index in [1.54, 1.807) is 0 Å². The summed E-state index contributed by atoms with van der Waals surface area (Å²) in [4.78, 5) is 12.5. The molecule has 1 rings (SSSR count). The number of rotatable bonds is 1. The Hall–Kier alpha value is -1.17. The largest absolute Gasteiger partial charge is 0.431 e. The second kappa shape index (κ2) is 3.53. The van der Waals surface area contributed by atoms with Gasteiger partial charge < -0.3 is 10.3 Å². The third-order valence-electron chi connectivity index (χ3n) is 1.38. The molecule has 0 aromatic carbocycles. The number of aromatic nitrogens is 1. The monoisotopic (exact) mass is 226 g/mol. The average Bonchev–Trinajstić information content (AvgIpc) is 2.30.